The maximum Gasteiger partial charge on any atom is 0.242 e. The summed E-state index contributed by atoms with van der Waals surface area (Å²) in [4.78, 5) is 10.5. The molecule has 2 heterocycles. The Morgan fingerprint density at radius 3 is 2.89 bits per heavy atom. The molecular weight excluding hydrogens is 230 g/mol. The maximum atomic E-state index is 6.02. The smallest absolute Gasteiger partial charge is 0.242 e. The fraction of sp³-hybridized carbons (Fsp3) is 0.667. The average Bonchev–Trinajstić information content (AvgIpc) is 2.69. The molecule has 0 aliphatic carbocycles. The molecule has 3 N–H and O–H groups in total. The number of hydrogen-bond acceptors (Lipinski definition) is 6. The van der Waals surface area contributed by atoms with Crippen LogP contribution < -0.4 is 15.8 Å². The predicted molar refractivity (Wildman–Crippen MR) is 71.7 cm³/mol. The maximum absolute atomic E-state index is 6.02. The van der Waals surface area contributed by atoms with Crippen molar-refractivity contribution in [2.24, 2.45) is 0 Å². The molecule has 0 amide bonds. The number of rotatable bonds is 4. The first-order valence-corrected chi connectivity index (χ1v) is 6.28. The van der Waals surface area contributed by atoms with Gasteiger partial charge in [0, 0.05) is 12.6 Å². The van der Waals surface area contributed by atoms with E-state index >= 15 is 0 Å². The van der Waals surface area contributed by atoms with Crippen LogP contribution in [0.25, 0.3) is 0 Å². The summed E-state index contributed by atoms with van der Waals surface area (Å²) in [7, 11) is 2.11. The van der Waals surface area contributed by atoms with Gasteiger partial charge in [0.25, 0.3) is 0 Å². The molecule has 1 aromatic heterocycles. The molecule has 1 fully saturated rings. The lowest BCUT2D eigenvalue weighted by atomic mass is 10.2. The Kier molecular flexibility index (Phi) is 3.86. The van der Waals surface area contributed by atoms with Crippen molar-refractivity contribution in [2.75, 3.05) is 31.2 Å². The van der Waals surface area contributed by atoms with Crippen molar-refractivity contribution < 1.29 is 4.74 Å². The number of nitrogens with two attached hydrogens (primary N) is 1. The SMILES string of the molecule is CC(C)Oc1ncnc(NC2CCN(C)C2)c1N. The van der Waals surface area contributed by atoms with Crippen molar-refractivity contribution in [3.8, 4) is 5.88 Å². The summed E-state index contributed by atoms with van der Waals surface area (Å²) in [5.41, 5.74) is 6.51. The average molecular weight is 251 g/mol. The van der Waals surface area contributed by atoms with Crippen LogP contribution in [0.2, 0.25) is 0 Å². The Bertz CT molecular complexity index is 409. The molecule has 0 saturated carbocycles. The van der Waals surface area contributed by atoms with E-state index in [2.05, 4.69) is 27.2 Å². The quantitative estimate of drug-likeness (QED) is 0.830. The lowest BCUT2D eigenvalue weighted by molar-refractivity contribution is 0.234. The number of nitrogens with zero attached hydrogens (tertiary/aromatic N) is 3. The first-order valence-electron chi connectivity index (χ1n) is 6.28. The summed E-state index contributed by atoms with van der Waals surface area (Å²) in [6.45, 7) is 5.99. The standard InChI is InChI=1S/C12H21N5O/c1-8(2)18-12-10(13)11(14-7-15-12)16-9-4-5-17(3)6-9/h7-9H,4-6,13H2,1-3H3,(H,14,15,16). The summed E-state index contributed by atoms with van der Waals surface area (Å²) in [5, 5.41) is 3.36. The first-order chi connectivity index (χ1) is 8.56. The lowest BCUT2D eigenvalue weighted by Gasteiger charge is -2.17. The lowest BCUT2D eigenvalue weighted by Crippen LogP contribution is -2.24. The highest BCUT2D eigenvalue weighted by atomic mass is 16.5. The molecule has 1 aliphatic rings. The van der Waals surface area contributed by atoms with Crippen LogP contribution in [-0.4, -0.2) is 47.2 Å². The molecule has 0 spiro atoms. The second-order valence-corrected chi connectivity index (χ2v) is 5.00. The number of anilines is 2. The first kappa shape index (κ1) is 12.9. The number of likely N-dealkylation sites (N-methyl/N-ethyl adjacent to an activating group) is 1. The van der Waals surface area contributed by atoms with Crippen molar-refractivity contribution >= 4 is 11.5 Å². The predicted octanol–water partition coefficient (Wildman–Crippen LogP) is 0.962. The second kappa shape index (κ2) is 5.39. The number of ether oxygens (including phenoxy) is 1. The number of nitrogen functional groups attached to an aromatic ring is 1. The van der Waals surface area contributed by atoms with Crippen LogP contribution in [0.5, 0.6) is 5.88 Å². The van der Waals surface area contributed by atoms with E-state index in [1.54, 1.807) is 0 Å². The molecule has 2 rings (SSSR count). The van der Waals surface area contributed by atoms with E-state index in [4.69, 9.17) is 10.5 Å². The van der Waals surface area contributed by atoms with Gasteiger partial charge in [-0.25, -0.2) is 4.98 Å². The third-order valence-electron chi connectivity index (χ3n) is 2.93. The van der Waals surface area contributed by atoms with E-state index in [9.17, 15) is 0 Å². The van der Waals surface area contributed by atoms with Crippen molar-refractivity contribution in [1.82, 2.24) is 14.9 Å². The number of likely N-dealkylation sites (tertiary alicyclic amines) is 1. The van der Waals surface area contributed by atoms with E-state index < -0.39 is 0 Å². The van der Waals surface area contributed by atoms with E-state index in [0.717, 1.165) is 19.5 Å². The van der Waals surface area contributed by atoms with Gasteiger partial charge in [-0.2, -0.15) is 4.98 Å². The van der Waals surface area contributed by atoms with Crippen LogP contribution >= 0.6 is 0 Å². The minimum absolute atomic E-state index is 0.0488. The third kappa shape index (κ3) is 3.01. The van der Waals surface area contributed by atoms with Gasteiger partial charge in [0.2, 0.25) is 5.88 Å². The van der Waals surface area contributed by atoms with Gasteiger partial charge >= 0.3 is 0 Å². The van der Waals surface area contributed by atoms with Crippen molar-refractivity contribution in [3.05, 3.63) is 6.33 Å². The van der Waals surface area contributed by atoms with Crippen LogP contribution in [0.4, 0.5) is 11.5 Å². The molecule has 1 aromatic rings. The topological polar surface area (TPSA) is 76.3 Å². The van der Waals surface area contributed by atoms with Gasteiger partial charge in [-0.1, -0.05) is 0 Å². The van der Waals surface area contributed by atoms with E-state index in [0.29, 0.717) is 23.4 Å². The largest absolute Gasteiger partial charge is 0.473 e. The minimum Gasteiger partial charge on any atom is -0.473 e. The van der Waals surface area contributed by atoms with E-state index in [1.807, 2.05) is 13.8 Å². The fourth-order valence-corrected chi connectivity index (χ4v) is 2.06. The molecular formula is C12H21N5O. The monoisotopic (exact) mass is 251 g/mol. The van der Waals surface area contributed by atoms with Crippen molar-refractivity contribution in [1.29, 1.82) is 0 Å². The van der Waals surface area contributed by atoms with Crippen LogP contribution in [0, 0.1) is 0 Å². The van der Waals surface area contributed by atoms with Gasteiger partial charge in [-0.15, -0.1) is 0 Å². The molecule has 0 aromatic carbocycles. The van der Waals surface area contributed by atoms with Crippen LogP contribution in [-0.2, 0) is 0 Å². The van der Waals surface area contributed by atoms with Crippen LogP contribution in [0.1, 0.15) is 20.3 Å². The summed E-state index contributed by atoms with van der Waals surface area (Å²) in [5.74, 6) is 1.12. The Morgan fingerprint density at radius 2 is 2.28 bits per heavy atom. The van der Waals surface area contributed by atoms with Gasteiger partial charge in [0.05, 0.1) is 6.10 Å². The Hall–Kier alpha value is -1.56. The summed E-state index contributed by atoms with van der Waals surface area (Å²) < 4.78 is 5.54. The third-order valence-corrected chi connectivity index (χ3v) is 2.93. The zero-order valence-electron chi connectivity index (χ0n) is 11.2. The van der Waals surface area contributed by atoms with Gasteiger partial charge in [-0.3, -0.25) is 0 Å². The Morgan fingerprint density at radius 1 is 1.50 bits per heavy atom. The molecule has 18 heavy (non-hydrogen) atoms. The molecule has 100 valence electrons. The highest BCUT2D eigenvalue weighted by Crippen LogP contribution is 2.26. The number of nitrogens with one attached hydrogen (secondary N) is 1. The van der Waals surface area contributed by atoms with Gasteiger partial charge in [0.15, 0.2) is 5.82 Å². The van der Waals surface area contributed by atoms with Crippen molar-refractivity contribution in [3.63, 3.8) is 0 Å². The van der Waals surface area contributed by atoms with Crippen LogP contribution in [0.3, 0.4) is 0 Å². The molecule has 6 nitrogen and oxygen atoms in total. The highest BCUT2D eigenvalue weighted by Gasteiger charge is 2.21. The molecule has 0 radical (unpaired) electrons. The molecule has 6 heteroatoms. The number of aromatic nitrogens is 2. The molecule has 0 bridgehead atoms. The van der Waals surface area contributed by atoms with Gasteiger partial charge in [0.1, 0.15) is 12.0 Å². The van der Waals surface area contributed by atoms with Crippen molar-refractivity contribution in [2.45, 2.75) is 32.4 Å². The summed E-state index contributed by atoms with van der Waals surface area (Å²) >= 11 is 0. The molecule has 1 aliphatic heterocycles. The second-order valence-electron chi connectivity index (χ2n) is 5.00. The Balaban J connectivity index is 2.08. The zero-order chi connectivity index (χ0) is 13.1. The fourth-order valence-electron chi connectivity index (χ4n) is 2.06. The van der Waals surface area contributed by atoms with Crippen LogP contribution in [0.15, 0.2) is 6.33 Å². The molecule has 1 atom stereocenters. The van der Waals surface area contributed by atoms with Gasteiger partial charge < -0.3 is 20.7 Å². The Labute approximate surface area is 108 Å². The number of hydrogen-bond donors (Lipinski definition) is 2. The summed E-state index contributed by atoms with van der Waals surface area (Å²) in [6, 6.07) is 0.388. The molecule has 1 saturated heterocycles. The zero-order valence-corrected chi connectivity index (χ0v) is 11.2. The van der Waals surface area contributed by atoms with E-state index in [-0.39, 0.29) is 6.10 Å². The van der Waals surface area contributed by atoms with Gasteiger partial charge in [-0.05, 0) is 33.9 Å². The molecule has 1 unspecified atom stereocenters. The van der Waals surface area contributed by atoms with E-state index in [1.165, 1.54) is 6.33 Å². The minimum atomic E-state index is 0.0488. The highest BCUT2D eigenvalue weighted by molar-refractivity contribution is 5.66. The normalized spacial score (nSPS) is 20.3. The summed E-state index contributed by atoms with van der Waals surface area (Å²) in [6.07, 6.45) is 2.63.